The summed E-state index contributed by atoms with van der Waals surface area (Å²) >= 11 is 1.16. The maximum atomic E-state index is 12.2. The van der Waals surface area contributed by atoms with Crippen LogP contribution in [0.4, 0.5) is 10.5 Å². The number of carbonyl (C=O) groups excluding carboxylic acids is 2. The first-order valence-corrected chi connectivity index (χ1v) is 9.85. The van der Waals surface area contributed by atoms with E-state index in [1.165, 1.54) is 10.5 Å². The molecule has 2 aromatic carbocycles. The van der Waals surface area contributed by atoms with Crippen molar-refractivity contribution >= 4 is 28.6 Å². The number of benzene rings is 2. The molecule has 0 aliphatic rings. The molecule has 4 nitrogen and oxygen atoms in total. The lowest BCUT2D eigenvalue weighted by atomic mass is 9.86. The van der Waals surface area contributed by atoms with Crippen LogP contribution in [-0.2, 0) is 16.6 Å². The Bertz CT molecular complexity index is 775. The number of rotatable bonds is 5. The summed E-state index contributed by atoms with van der Waals surface area (Å²) in [5.74, 6) is -0.0142. The zero-order valence-corrected chi connectivity index (χ0v) is 17.5. The first kappa shape index (κ1) is 21.0. The third kappa shape index (κ3) is 6.75. The number of amides is 2. The van der Waals surface area contributed by atoms with E-state index in [1.54, 1.807) is 14.1 Å². The van der Waals surface area contributed by atoms with Crippen molar-refractivity contribution < 1.29 is 9.59 Å². The van der Waals surface area contributed by atoms with Gasteiger partial charge >= 0.3 is 0 Å². The van der Waals surface area contributed by atoms with Gasteiger partial charge in [-0.05, 0) is 59.0 Å². The van der Waals surface area contributed by atoms with Crippen LogP contribution in [0, 0.1) is 0 Å². The molecule has 0 aromatic heterocycles. The van der Waals surface area contributed by atoms with Crippen LogP contribution >= 0.6 is 11.8 Å². The number of aryl methyl sites for hydroxylation is 1. The van der Waals surface area contributed by atoms with E-state index in [-0.39, 0.29) is 16.6 Å². The van der Waals surface area contributed by atoms with Crippen LogP contribution in [0.1, 0.15) is 38.3 Å². The SMILES string of the molecule is CN(C)C(=O)Sc1ccc(NC(=O)CCc2ccc(C(C)(C)C)cc2)cc1. The highest BCUT2D eigenvalue weighted by Crippen LogP contribution is 2.23. The van der Waals surface area contributed by atoms with Crippen molar-refractivity contribution in [3.63, 3.8) is 0 Å². The molecule has 0 heterocycles. The molecule has 0 unspecified atom stereocenters. The number of nitrogens with zero attached hydrogens (tertiary/aromatic N) is 1. The van der Waals surface area contributed by atoms with Gasteiger partial charge in [-0.2, -0.15) is 0 Å². The molecule has 5 heteroatoms. The van der Waals surface area contributed by atoms with Crippen LogP contribution in [0.25, 0.3) is 0 Å². The summed E-state index contributed by atoms with van der Waals surface area (Å²) in [4.78, 5) is 26.3. The van der Waals surface area contributed by atoms with Crippen LogP contribution in [0.3, 0.4) is 0 Å². The predicted molar refractivity (Wildman–Crippen MR) is 113 cm³/mol. The molecule has 0 bridgehead atoms. The monoisotopic (exact) mass is 384 g/mol. The average Bonchev–Trinajstić information content (AvgIpc) is 2.61. The van der Waals surface area contributed by atoms with Gasteiger partial charge in [-0.1, -0.05) is 45.0 Å². The molecule has 0 fully saturated rings. The fourth-order valence-electron chi connectivity index (χ4n) is 2.45. The lowest BCUT2D eigenvalue weighted by Gasteiger charge is -2.19. The second-order valence-electron chi connectivity index (χ2n) is 7.78. The normalized spacial score (nSPS) is 11.1. The molecule has 144 valence electrons. The molecule has 27 heavy (non-hydrogen) atoms. The molecule has 0 aliphatic heterocycles. The van der Waals surface area contributed by atoms with Gasteiger partial charge in [0.25, 0.3) is 5.24 Å². The third-order valence-electron chi connectivity index (χ3n) is 4.17. The lowest BCUT2D eigenvalue weighted by Crippen LogP contribution is -2.16. The van der Waals surface area contributed by atoms with Crippen LogP contribution in [0.5, 0.6) is 0 Å². The Hall–Kier alpha value is -2.27. The van der Waals surface area contributed by atoms with E-state index in [2.05, 4.69) is 50.4 Å². The summed E-state index contributed by atoms with van der Waals surface area (Å²) in [5, 5.41) is 2.88. The summed E-state index contributed by atoms with van der Waals surface area (Å²) in [6.45, 7) is 6.57. The first-order valence-electron chi connectivity index (χ1n) is 9.03. The van der Waals surface area contributed by atoms with E-state index >= 15 is 0 Å². The molecule has 0 saturated carbocycles. The number of hydrogen-bond acceptors (Lipinski definition) is 3. The Morgan fingerprint density at radius 2 is 1.56 bits per heavy atom. The number of hydrogen-bond donors (Lipinski definition) is 1. The lowest BCUT2D eigenvalue weighted by molar-refractivity contribution is -0.116. The van der Waals surface area contributed by atoms with E-state index in [0.717, 1.165) is 27.9 Å². The van der Waals surface area contributed by atoms with Gasteiger partial charge in [-0.25, -0.2) is 0 Å². The molecule has 2 rings (SSSR count). The van der Waals surface area contributed by atoms with Crippen LogP contribution in [-0.4, -0.2) is 30.1 Å². The van der Waals surface area contributed by atoms with E-state index in [1.807, 2.05) is 24.3 Å². The third-order valence-corrected chi connectivity index (χ3v) is 5.22. The molecule has 1 N–H and O–H groups in total. The standard InChI is InChI=1S/C22H28N2O2S/c1-22(2,3)17-9-6-16(7-10-17)8-15-20(25)23-18-11-13-19(14-12-18)27-21(26)24(4)5/h6-7,9-14H,8,15H2,1-5H3,(H,23,25). The Balaban J connectivity index is 1.84. The molecule has 0 saturated heterocycles. The second kappa shape index (κ2) is 9.09. The summed E-state index contributed by atoms with van der Waals surface area (Å²) in [6, 6.07) is 15.8. The van der Waals surface area contributed by atoms with Crippen LogP contribution in [0.15, 0.2) is 53.4 Å². The van der Waals surface area contributed by atoms with Gasteiger partial charge in [0.05, 0.1) is 0 Å². The predicted octanol–water partition coefficient (Wildman–Crippen LogP) is 5.33. The Labute approximate surface area is 166 Å². The van der Waals surface area contributed by atoms with Gasteiger partial charge in [0.1, 0.15) is 0 Å². The Morgan fingerprint density at radius 1 is 0.963 bits per heavy atom. The summed E-state index contributed by atoms with van der Waals surface area (Å²) in [6.07, 6.45) is 1.14. The van der Waals surface area contributed by atoms with Crippen LogP contribution in [0.2, 0.25) is 0 Å². The first-order chi connectivity index (χ1) is 12.6. The minimum Gasteiger partial charge on any atom is -0.339 e. The smallest absolute Gasteiger partial charge is 0.285 e. The Morgan fingerprint density at radius 3 is 2.07 bits per heavy atom. The minimum absolute atomic E-state index is 0.0142. The molecule has 2 amide bonds. The average molecular weight is 385 g/mol. The molecule has 0 spiro atoms. The summed E-state index contributed by atoms with van der Waals surface area (Å²) in [7, 11) is 3.45. The quantitative estimate of drug-likeness (QED) is 0.709. The molecule has 2 aromatic rings. The number of thioether (sulfide) groups is 1. The van der Waals surface area contributed by atoms with Gasteiger partial charge in [0.15, 0.2) is 0 Å². The molecular formula is C22H28N2O2S. The molecule has 0 aliphatic carbocycles. The number of nitrogens with one attached hydrogen (secondary N) is 1. The highest BCUT2D eigenvalue weighted by molar-refractivity contribution is 8.13. The zero-order valence-electron chi connectivity index (χ0n) is 16.7. The van der Waals surface area contributed by atoms with E-state index in [4.69, 9.17) is 0 Å². The highest BCUT2D eigenvalue weighted by atomic mass is 32.2. The summed E-state index contributed by atoms with van der Waals surface area (Å²) in [5.41, 5.74) is 3.33. The fraction of sp³-hybridized carbons (Fsp3) is 0.364. The Kier molecular flexibility index (Phi) is 7.08. The van der Waals surface area contributed by atoms with Gasteiger partial charge in [0, 0.05) is 31.1 Å². The topological polar surface area (TPSA) is 49.4 Å². The molecule has 0 atom stereocenters. The van der Waals surface area contributed by atoms with Gasteiger partial charge in [-0.3, -0.25) is 9.59 Å². The van der Waals surface area contributed by atoms with E-state index < -0.39 is 0 Å². The van der Waals surface area contributed by atoms with E-state index in [9.17, 15) is 9.59 Å². The van der Waals surface area contributed by atoms with Crippen LogP contribution < -0.4 is 5.32 Å². The highest BCUT2D eigenvalue weighted by Gasteiger charge is 2.13. The van der Waals surface area contributed by atoms with Crippen molar-refractivity contribution in [3.8, 4) is 0 Å². The molecular weight excluding hydrogens is 356 g/mol. The van der Waals surface area contributed by atoms with Crippen molar-refractivity contribution in [1.29, 1.82) is 0 Å². The maximum absolute atomic E-state index is 12.2. The second-order valence-corrected chi connectivity index (χ2v) is 8.81. The fourth-order valence-corrected chi connectivity index (χ4v) is 3.11. The van der Waals surface area contributed by atoms with Crippen molar-refractivity contribution in [2.75, 3.05) is 19.4 Å². The number of anilines is 1. The largest absolute Gasteiger partial charge is 0.339 e. The minimum atomic E-state index is -0.0238. The van der Waals surface area contributed by atoms with Crippen molar-refractivity contribution in [1.82, 2.24) is 4.90 Å². The number of carbonyl (C=O) groups is 2. The van der Waals surface area contributed by atoms with Gasteiger partial charge in [-0.15, -0.1) is 0 Å². The van der Waals surface area contributed by atoms with Crippen molar-refractivity contribution in [2.24, 2.45) is 0 Å². The van der Waals surface area contributed by atoms with E-state index in [0.29, 0.717) is 12.8 Å². The summed E-state index contributed by atoms with van der Waals surface area (Å²) < 4.78 is 0. The maximum Gasteiger partial charge on any atom is 0.285 e. The van der Waals surface area contributed by atoms with Crippen molar-refractivity contribution in [2.45, 2.75) is 43.9 Å². The molecule has 0 radical (unpaired) electrons. The zero-order chi connectivity index (χ0) is 20.0. The van der Waals surface area contributed by atoms with Gasteiger partial charge in [0.2, 0.25) is 5.91 Å². The van der Waals surface area contributed by atoms with Crippen molar-refractivity contribution in [3.05, 3.63) is 59.7 Å². The van der Waals surface area contributed by atoms with Gasteiger partial charge < -0.3 is 10.2 Å².